The van der Waals surface area contributed by atoms with Crippen LogP contribution in [0.5, 0.6) is 0 Å². The molecule has 1 atom stereocenters. The lowest BCUT2D eigenvalue weighted by atomic mass is 9.97. The van der Waals surface area contributed by atoms with E-state index in [2.05, 4.69) is 37.3 Å². The summed E-state index contributed by atoms with van der Waals surface area (Å²) >= 11 is 0. The fraction of sp³-hybridized carbons (Fsp3) is 0.235. The Morgan fingerprint density at radius 1 is 1.00 bits per heavy atom. The van der Waals surface area contributed by atoms with Gasteiger partial charge in [0.1, 0.15) is 0 Å². The minimum Gasteiger partial charge on any atom is -0.345 e. The molecule has 1 aliphatic carbocycles. The van der Waals surface area contributed by atoms with Crippen molar-refractivity contribution in [1.82, 2.24) is 4.90 Å². The number of benzene rings is 2. The molecular weight excluding hydrogens is 234 g/mol. The second kappa shape index (κ2) is 4.23. The number of carbonyl (C=O) groups excluding carboxylic acids is 1. The van der Waals surface area contributed by atoms with Crippen molar-refractivity contribution in [2.24, 2.45) is 0 Å². The summed E-state index contributed by atoms with van der Waals surface area (Å²) in [7, 11) is 3.57. The van der Waals surface area contributed by atoms with Crippen LogP contribution in [0.3, 0.4) is 0 Å². The van der Waals surface area contributed by atoms with Gasteiger partial charge in [-0.3, -0.25) is 4.79 Å². The first-order valence-corrected chi connectivity index (χ1v) is 6.54. The average Bonchev–Trinajstić information content (AvgIpc) is 2.72. The van der Waals surface area contributed by atoms with E-state index in [1.807, 2.05) is 12.1 Å². The highest BCUT2D eigenvalue weighted by Gasteiger charge is 2.25. The topological polar surface area (TPSA) is 20.3 Å². The first-order valence-electron chi connectivity index (χ1n) is 6.54. The van der Waals surface area contributed by atoms with E-state index in [1.54, 1.807) is 19.0 Å². The van der Waals surface area contributed by atoms with Gasteiger partial charge in [0, 0.05) is 25.6 Å². The van der Waals surface area contributed by atoms with Crippen molar-refractivity contribution >= 4 is 5.91 Å². The predicted octanol–water partition coefficient (Wildman–Crippen LogP) is 3.52. The Hall–Kier alpha value is -2.09. The van der Waals surface area contributed by atoms with Crippen molar-refractivity contribution in [3.63, 3.8) is 0 Å². The normalized spacial score (nSPS) is 15.8. The van der Waals surface area contributed by atoms with Gasteiger partial charge < -0.3 is 4.90 Å². The van der Waals surface area contributed by atoms with Gasteiger partial charge in [-0.15, -0.1) is 0 Å². The largest absolute Gasteiger partial charge is 0.345 e. The minimum atomic E-state index is 0.0611. The molecule has 2 heteroatoms. The highest BCUT2D eigenvalue weighted by atomic mass is 16.2. The Kier molecular flexibility index (Phi) is 2.67. The summed E-state index contributed by atoms with van der Waals surface area (Å²) < 4.78 is 0. The summed E-state index contributed by atoms with van der Waals surface area (Å²) in [6, 6.07) is 14.5. The molecule has 0 aliphatic heterocycles. The molecule has 0 bridgehead atoms. The molecule has 0 fully saturated rings. The van der Waals surface area contributed by atoms with Crippen molar-refractivity contribution in [2.75, 3.05) is 14.1 Å². The lowest BCUT2D eigenvalue weighted by Gasteiger charge is -2.12. The Balaban J connectivity index is 2.13. The van der Waals surface area contributed by atoms with E-state index in [4.69, 9.17) is 0 Å². The maximum absolute atomic E-state index is 12.0. The molecule has 96 valence electrons. The molecule has 0 radical (unpaired) electrons. The van der Waals surface area contributed by atoms with Gasteiger partial charge in [-0.25, -0.2) is 0 Å². The first kappa shape index (κ1) is 12.0. The SMILES string of the molecule is CC1c2ccccc2-c2ccc(C(=O)N(C)C)cc21. The number of hydrogen-bond acceptors (Lipinski definition) is 1. The molecule has 1 amide bonds. The van der Waals surface area contributed by atoms with Crippen molar-refractivity contribution in [2.45, 2.75) is 12.8 Å². The van der Waals surface area contributed by atoms with Gasteiger partial charge in [-0.1, -0.05) is 37.3 Å². The molecule has 0 saturated carbocycles. The van der Waals surface area contributed by atoms with E-state index in [1.165, 1.54) is 22.3 Å². The number of nitrogens with zero attached hydrogens (tertiary/aromatic N) is 1. The Labute approximate surface area is 113 Å². The van der Waals surface area contributed by atoms with Crippen LogP contribution in [-0.2, 0) is 0 Å². The Morgan fingerprint density at radius 2 is 1.68 bits per heavy atom. The van der Waals surface area contributed by atoms with Crippen LogP contribution >= 0.6 is 0 Å². The van der Waals surface area contributed by atoms with E-state index in [-0.39, 0.29) is 5.91 Å². The van der Waals surface area contributed by atoms with Crippen LogP contribution in [0.2, 0.25) is 0 Å². The standard InChI is InChI=1S/C17H17NO/c1-11-13-6-4-5-7-14(13)15-9-8-12(10-16(11)15)17(19)18(2)3/h4-11H,1-3H3. The lowest BCUT2D eigenvalue weighted by molar-refractivity contribution is 0.0827. The molecule has 0 heterocycles. The van der Waals surface area contributed by atoms with Crippen LogP contribution in [0.25, 0.3) is 11.1 Å². The molecular formula is C17H17NO. The third-order valence-electron chi connectivity index (χ3n) is 3.89. The van der Waals surface area contributed by atoms with Gasteiger partial charge in [-0.2, -0.15) is 0 Å². The van der Waals surface area contributed by atoms with Crippen LogP contribution in [0, 0.1) is 0 Å². The number of amides is 1. The maximum Gasteiger partial charge on any atom is 0.253 e. The number of carbonyl (C=O) groups is 1. The number of fused-ring (bicyclic) bond motifs is 3. The van der Waals surface area contributed by atoms with Gasteiger partial charge in [0.05, 0.1) is 0 Å². The Bertz CT molecular complexity index is 658. The zero-order valence-corrected chi connectivity index (χ0v) is 11.5. The van der Waals surface area contributed by atoms with Gasteiger partial charge in [0.25, 0.3) is 5.91 Å². The van der Waals surface area contributed by atoms with Crippen LogP contribution in [-0.4, -0.2) is 24.9 Å². The maximum atomic E-state index is 12.0. The van der Waals surface area contributed by atoms with E-state index in [0.29, 0.717) is 5.92 Å². The predicted molar refractivity (Wildman–Crippen MR) is 77.4 cm³/mol. The van der Waals surface area contributed by atoms with Crippen molar-refractivity contribution in [1.29, 1.82) is 0 Å². The molecule has 0 aromatic heterocycles. The zero-order valence-electron chi connectivity index (χ0n) is 11.5. The van der Waals surface area contributed by atoms with Crippen LogP contribution < -0.4 is 0 Å². The molecule has 0 N–H and O–H groups in total. The van der Waals surface area contributed by atoms with E-state index in [9.17, 15) is 4.79 Å². The number of hydrogen-bond donors (Lipinski definition) is 0. The fourth-order valence-electron chi connectivity index (χ4n) is 2.84. The Morgan fingerprint density at radius 3 is 2.42 bits per heavy atom. The molecule has 0 spiro atoms. The van der Waals surface area contributed by atoms with E-state index in [0.717, 1.165) is 5.56 Å². The van der Waals surface area contributed by atoms with Crippen molar-refractivity contribution in [3.05, 3.63) is 59.2 Å². The minimum absolute atomic E-state index is 0.0611. The molecule has 2 aromatic carbocycles. The highest BCUT2D eigenvalue weighted by molar-refractivity contribution is 5.95. The second-order valence-electron chi connectivity index (χ2n) is 5.31. The summed E-state index contributed by atoms with van der Waals surface area (Å²) in [5.41, 5.74) is 5.94. The molecule has 1 aliphatic rings. The smallest absolute Gasteiger partial charge is 0.253 e. The molecule has 2 nitrogen and oxygen atoms in total. The first-order chi connectivity index (χ1) is 9.09. The van der Waals surface area contributed by atoms with Gasteiger partial charge >= 0.3 is 0 Å². The molecule has 1 unspecified atom stereocenters. The van der Waals surface area contributed by atoms with E-state index >= 15 is 0 Å². The fourth-order valence-corrected chi connectivity index (χ4v) is 2.84. The van der Waals surface area contributed by atoms with Gasteiger partial charge in [0.2, 0.25) is 0 Å². The third-order valence-corrected chi connectivity index (χ3v) is 3.89. The van der Waals surface area contributed by atoms with Crippen LogP contribution in [0.1, 0.15) is 34.3 Å². The van der Waals surface area contributed by atoms with Gasteiger partial charge in [-0.05, 0) is 34.4 Å². The quantitative estimate of drug-likeness (QED) is 0.759. The summed E-state index contributed by atoms with van der Waals surface area (Å²) in [5, 5.41) is 0. The lowest BCUT2D eigenvalue weighted by Crippen LogP contribution is -2.21. The van der Waals surface area contributed by atoms with Crippen molar-refractivity contribution < 1.29 is 4.79 Å². The van der Waals surface area contributed by atoms with Crippen LogP contribution in [0.4, 0.5) is 0 Å². The van der Waals surface area contributed by atoms with E-state index < -0.39 is 0 Å². The van der Waals surface area contributed by atoms with Crippen LogP contribution in [0.15, 0.2) is 42.5 Å². The third kappa shape index (κ3) is 1.75. The molecule has 2 aromatic rings. The molecule has 19 heavy (non-hydrogen) atoms. The van der Waals surface area contributed by atoms with Crippen molar-refractivity contribution in [3.8, 4) is 11.1 Å². The summed E-state index contributed by atoms with van der Waals surface area (Å²) in [6.45, 7) is 2.20. The number of rotatable bonds is 1. The van der Waals surface area contributed by atoms with Gasteiger partial charge in [0.15, 0.2) is 0 Å². The highest BCUT2D eigenvalue weighted by Crippen LogP contribution is 2.44. The summed E-state index contributed by atoms with van der Waals surface area (Å²) in [5.74, 6) is 0.423. The average molecular weight is 251 g/mol. The molecule has 3 rings (SSSR count). The monoisotopic (exact) mass is 251 g/mol. The second-order valence-corrected chi connectivity index (χ2v) is 5.31. The zero-order chi connectivity index (χ0) is 13.6. The summed E-state index contributed by atoms with van der Waals surface area (Å²) in [6.07, 6.45) is 0. The summed E-state index contributed by atoms with van der Waals surface area (Å²) in [4.78, 5) is 13.7. The molecule has 0 saturated heterocycles.